The fourth-order valence-corrected chi connectivity index (χ4v) is 5.59. The van der Waals surface area contributed by atoms with Crippen LogP contribution in [0.5, 0.6) is 5.75 Å². The summed E-state index contributed by atoms with van der Waals surface area (Å²) in [4.78, 5) is 17.2. The van der Waals surface area contributed by atoms with Crippen molar-refractivity contribution in [2.24, 2.45) is 7.05 Å². The highest BCUT2D eigenvalue weighted by Crippen LogP contribution is 2.40. The van der Waals surface area contributed by atoms with E-state index in [2.05, 4.69) is 20.5 Å². The molecule has 0 unspecified atom stereocenters. The number of halogens is 2. The van der Waals surface area contributed by atoms with Gasteiger partial charge in [0.1, 0.15) is 17.0 Å². The minimum Gasteiger partial charge on any atom is -0.434 e. The van der Waals surface area contributed by atoms with Crippen LogP contribution in [0.3, 0.4) is 0 Å². The molecule has 13 heteroatoms. The average molecular weight is 488 g/mol. The first-order chi connectivity index (χ1) is 16.2. The van der Waals surface area contributed by atoms with Crippen LogP contribution >= 0.6 is 0 Å². The molecular formula is C21H18F2N6O4S. The zero-order valence-corrected chi connectivity index (χ0v) is 18.6. The van der Waals surface area contributed by atoms with Crippen molar-refractivity contribution >= 4 is 27.1 Å². The van der Waals surface area contributed by atoms with Crippen LogP contribution in [0.15, 0.2) is 47.9 Å². The number of alkyl halides is 2. The molecule has 0 fully saturated rings. The molecule has 1 aromatic carbocycles. The minimum atomic E-state index is -3.59. The average Bonchev–Trinajstić information content (AvgIpc) is 3.36. The lowest BCUT2D eigenvalue weighted by molar-refractivity contribution is -0.0495. The van der Waals surface area contributed by atoms with Gasteiger partial charge in [0.2, 0.25) is 0 Å². The summed E-state index contributed by atoms with van der Waals surface area (Å²) in [5, 5.41) is 11.1. The number of sulfone groups is 1. The van der Waals surface area contributed by atoms with Crippen molar-refractivity contribution in [2.45, 2.75) is 24.3 Å². The van der Waals surface area contributed by atoms with Gasteiger partial charge < -0.3 is 10.1 Å². The van der Waals surface area contributed by atoms with Crippen LogP contribution in [-0.4, -0.2) is 51.1 Å². The van der Waals surface area contributed by atoms with Gasteiger partial charge in [-0.05, 0) is 36.6 Å². The van der Waals surface area contributed by atoms with E-state index in [0.29, 0.717) is 24.1 Å². The van der Waals surface area contributed by atoms with E-state index in [1.165, 1.54) is 39.9 Å². The lowest BCUT2D eigenvalue weighted by Gasteiger charge is -2.20. The van der Waals surface area contributed by atoms with Crippen LogP contribution in [0.1, 0.15) is 22.3 Å². The zero-order chi connectivity index (χ0) is 24.0. The number of aryl methyl sites for hydroxylation is 2. The van der Waals surface area contributed by atoms with E-state index in [0.717, 1.165) is 0 Å². The van der Waals surface area contributed by atoms with Crippen molar-refractivity contribution in [2.75, 3.05) is 11.1 Å². The lowest BCUT2D eigenvalue weighted by Crippen LogP contribution is -2.17. The number of hydrogen-bond donors (Lipinski definition) is 1. The van der Waals surface area contributed by atoms with E-state index in [4.69, 9.17) is 4.74 Å². The van der Waals surface area contributed by atoms with Gasteiger partial charge in [0.05, 0.1) is 22.5 Å². The van der Waals surface area contributed by atoms with E-state index >= 15 is 0 Å². The van der Waals surface area contributed by atoms with Crippen molar-refractivity contribution in [3.8, 4) is 17.0 Å². The Kier molecular flexibility index (Phi) is 5.27. The molecule has 3 aromatic heterocycles. The fraction of sp³-hybridized carbons (Fsp3) is 0.238. The summed E-state index contributed by atoms with van der Waals surface area (Å²) in [6.07, 6.45) is 6.79. The molecule has 34 heavy (non-hydrogen) atoms. The summed E-state index contributed by atoms with van der Waals surface area (Å²) in [5.41, 5.74) is 1.21. The largest absolute Gasteiger partial charge is 0.434 e. The lowest BCUT2D eigenvalue weighted by atomic mass is 10.0. The highest BCUT2D eigenvalue weighted by molar-refractivity contribution is 7.91. The number of aromatic nitrogens is 5. The number of rotatable bonds is 5. The number of hydrogen-bond acceptors (Lipinski definition) is 7. The molecule has 10 nitrogen and oxygen atoms in total. The van der Waals surface area contributed by atoms with E-state index < -0.39 is 22.4 Å². The molecule has 1 aliphatic heterocycles. The van der Waals surface area contributed by atoms with E-state index in [1.807, 2.05) is 0 Å². The number of carbonyl (C=O) groups is 1. The molecule has 0 saturated heterocycles. The SMILES string of the molecule is Cn1cc(NC(=O)c2cnn3cccnc23)c(-c2cc3c(cc2OC(F)F)CCCS3(=O)=O)n1. The molecule has 0 atom stereocenters. The van der Waals surface area contributed by atoms with E-state index in [-0.39, 0.29) is 38.9 Å². The highest BCUT2D eigenvalue weighted by atomic mass is 32.2. The van der Waals surface area contributed by atoms with Gasteiger partial charge in [0.15, 0.2) is 15.5 Å². The number of fused-ring (bicyclic) bond motifs is 2. The number of nitrogens with zero attached hydrogens (tertiary/aromatic N) is 5. The summed E-state index contributed by atoms with van der Waals surface area (Å²) < 4.78 is 59.2. The van der Waals surface area contributed by atoms with E-state index in [9.17, 15) is 22.0 Å². The maximum absolute atomic E-state index is 13.2. The van der Waals surface area contributed by atoms with Crippen LogP contribution in [-0.2, 0) is 23.3 Å². The van der Waals surface area contributed by atoms with Gasteiger partial charge in [-0.3, -0.25) is 9.48 Å². The third-order valence-corrected chi connectivity index (χ3v) is 7.31. The number of ether oxygens (including phenoxy) is 1. The van der Waals surface area contributed by atoms with Gasteiger partial charge in [0.25, 0.3) is 5.91 Å². The monoisotopic (exact) mass is 488 g/mol. The van der Waals surface area contributed by atoms with Gasteiger partial charge in [-0.2, -0.15) is 19.0 Å². The second-order valence-electron chi connectivity index (χ2n) is 7.72. The molecule has 0 saturated carbocycles. The minimum absolute atomic E-state index is 0.0263. The number of carbonyl (C=O) groups excluding carboxylic acids is 1. The summed E-state index contributed by atoms with van der Waals surface area (Å²) in [6.45, 7) is -3.14. The maximum atomic E-state index is 13.2. The van der Waals surface area contributed by atoms with Gasteiger partial charge >= 0.3 is 6.61 Å². The Labute approximate surface area is 192 Å². The Morgan fingerprint density at radius 3 is 2.91 bits per heavy atom. The molecule has 0 aliphatic carbocycles. The Hall–Kier alpha value is -3.87. The zero-order valence-electron chi connectivity index (χ0n) is 17.8. The molecule has 1 aliphatic rings. The maximum Gasteiger partial charge on any atom is 0.387 e. The Morgan fingerprint density at radius 2 is 2.12 bits per heavy atom. The molecule has 176 valence electrons. The first-order valence-corrected chi connectivity index (χ1v) is 11.9. The van der Waals surface area contributed by atoms with Crippen LogP contribution in [0, 0.1) is 0 Å². The molecule has 0 spiro atoms. The van der Waals surface area contributed by atoms with Crippen molar-refractivity contribution in [1.82, 2.24) is 24.4 Å². The van der Waals surface area contributed by atoms with Crippen molar-refractivity contribution in [1.29, 1.82) is 0 Å². The van der Waals surface area contributed by atoms with Crippen LogP contribution in [0.4, 0.5) is 14.5 Å². The van der Waals surface area contributed by atoms with Gasteiger partial charge in [-0.15, -0.1) is 0 Å². The summed E-state index contributed by atoms with van der Waals surface area (Å²) in [5.74, 6) is -0.815. The molecular weight excluding hydrogens is 470 g/mol. The topological polar surface area (TPSA) is 120 Å². The molecule has 4 heterocycles. The number of amides is 1. The third-order valence-electron chi connectivity index (χ3n) is 5.43. The summed E-state index contributed by atoms with van der Waals surface area (Å²) >= 11 is 0. The molecule has 0 radical (unpaired) electrons. The second-order valence-corrected chi connectivity index (χ2v) is 9.80. The van der Waals surface area contributed by atoms with E-state index in [1.54, 1.807) is 19.3 Å². The van der Waals surface area contributed by atoms with Crippen molar-refractivity contribution in [3.63, 3.8) is 0 Å². The Bertz CT molecular complexity index is 1530. The van der Waals surface area contributed by atoms with Crippen LogP contribution in [0.2, 0.25) is 0 Å². The second kappa shape index (κ2) is 8.17. The highest BCUT2D eigenvalue weighted by Gasteiger charge is 2.29. The molecule has 5 rings (SSSR count). The number of anilines is 1. The first kappa shape index (κ1) is 21.9. The summed E-state index contributed by atoms with van der Waals surface area (Å²) in [7, 11) is -2.01. The molecule has 4 aromatic rings. The van der Waals surface area contributed by atoms with Gasteiger partial charge in [-0.25, -0.2) is 17.9 Å². The van der Waals surface area contributed by atoms with Gasteiger partial charge in [0, 0.05) is 31.2 Å². The van der Waals surface area contributed by atoms with Crippen LogP contribution in [0.25, 0.3) is 16.9 Å². The summed E-state index contributed by atoms with van der Waals surface area (Å²) in [6, 6.07) is 4.26. The fourth-order valence-electron chi connectivity index (χ4n) is 3.98. The number of benzene rings is 1. The normalized spacial score (nSPS) is 14.8. The molecule has 0 bridgehead atoms. The predicted molar refractivity (Wildman–Crippen MR) is 117 cm³/mol. The molecule has 1 amide bonds. The Morgan fingerprint density at radius 1 is 1.29 bits per heavy atom. The third kappa shape index (κ3) is 3.87. The quantitative estimate of drug-likeness (QED) is 0.459. The molecule has 1 N–H and O–H groups in total. The Balaban J connectivity index is 1.60. The predicted octanol–water partition coefficient (Wildman–Crippen LogP) is 2.70. The van der Waals surface area contributed by atoms with Crippen LogP contribution < -0.4 is 10.1 Å². The first-order valence-electron chi connectivity index (χ1n) is 10.2. The van der Waals surface area contributed by atoms with Gasteiger partial charge in [-0.1, -0.05) is 0 Å². The number of nitrogens with one attached hydrogen (secondary N) is 1. The van der Waals surface area contributed by atoms with Crippen molar-refractivity contribution in [3.05, 3.63) is 54.1 Å². The standard InChI is InChI=1S/C21H18F2N6O4S/c1-28-11-15(26-20(30)14-10-25-29-6-3-5-24-19(14)29)18(27-28)13-9-17-12(4-2-7-34(17,31)32)8-16(13)33-21(22)23/h3,5-6,8-11,21H,2,4,7H2,1H3,(H,26,30). The van der Waals surface area contributed by atoms with Crippen molar-refractivity contribution < 1.29 is 26.7 Å². The smallest absolute Gasteiger partial charge is 0.387 e.